The minimum Gasteiger partial charge on any atom is -0.357 e. The molecule has 0 radical (unpaired) electrons. The molecule has 9 heteroatoms. The Morgan fingerprint density at radius 3 is 2.54 bits per heavy atom. The van der Waals surface area contributed by atoms with Crippen LogP contribution in [0.1, 0.15) is 33.6 Å². The van der Waals surface area contributed by atoms with Crippen LogP contribution in [0.25, 0.3) is 0 Å². The third-order valence-corrected chi connectivity index (χ3v) is 4.57. The minimum atomic E-state index is -4.34. The highest BCUT2D eigenvalue weighted by Gasteiger charge is 2.30. The first kappa shape index (κ1) is 22.7. The van der Waals surface area contributed by atoms with Crippen LogP contribution >= 0.6 is 35.3 Å². The second kappa shape index (κ2) is 10.1. The molecule has 1 heterocycles. The maximum absolute atomic E-state index is 12.8. The quantitative estimate of drug-likeness (QED) is 0.359. The Bertz CT molecular complexity index is 724. The molecule has 0 saturated heterocycles. The Morgan fingerprint density at radius 2 is 1.96 bits per heavy atom. The molecule has 1 aromatic carbocycles. The van der Waals surface area contributed by atoms with Crippen LogP contribution < -0.4 is 10.6 Å². The molecular weight excluding hydrogens is 476 g/mol. The van der Waals surface area contributed by atoms with Gasteiger partial charge in [-0.1, -0.05) is 12.1 Å². The summed E-state index contributed by atoms with van der Waals surface area (Å²) in [5, 5.41) is 7.18. The molecule has 0 aliphatic carbocycles. The zero-order valence-electron chi connectivity index (χ0n) is 14.8. The van der Waals surface area contributed by atoms with Crippen molar-refractivity contribution < 1.29 is 13.2 Å². The lowest BCUT2D eigenvalue weighted by Crippen LogP contribution is -2.36. The average molecular weight is 498 g/mol. The van der Waals surface area contributed by atoms with Crippen LogP contribution in [0.2, 0.25) is 0 Å². The van der Waals surface area contributed by atoms with E-state index in [2.05, 4.69) is 20.6 Å². The lowest BCUT2D eigenvalue weighted by molar-refractivity contribution is -0.137. The Morgan fingerprint density at radius 1 is 1.23 bits per heavy atom. The summed E-state index contributed by atoms with van der Waals surface area (Å²) < 4.78 is 38.3. The van der Waals surface area contributed by atoms with Gasteiger partial charge in [0.05, 0.1) is 24.3 Å². The van der Waals surface area contributed by atoms with Crippen molar-refractivity contribution in [1.29, 1.82) is 0 Å². The van der Waals surface area contributed by atoms with Gasteiger partial charge in [0.25, 0.3) is 0 Å². The first-order valence-corrected chi connectivity index (χ1v) is 8.72. The lowest BCUT2D eigenvalue weighted by atomic mass is 10.1. The zero-order valence-corrected chi connectivity index (χ0v) is 17.9. The molecule has 144 valence electrons. The normalized spacial score (nSPS) is 11.8. The topological polar surface area (TPSA) is 49.3 Å². The highest BCUT2D eigenvalue weighted by atomic mass is 127. The van der Waals surface area contributed by atoms with E-state index in [-0.39, 0.29) is 30.5 Å². The van der Waals surface area contributed by atoms with Crippen molar-refractivity contribution in [2.45, 2.75) is 40.0 Å². The number of nitrogens with zero attached hydrogens (tertiary/aromatic N) is 2. The highest BCUT2D eigenvalue weighted by molar-refractivity contribution is 14.0. The van der Waals surface area contributed by atoms with E-state index in [1.54, 1.807) is 17.4 Å². The van der Waals surface area contributed by atoms with Gasteiger partial charge in [-0.05, 0) is 38.5 Å². The van der Waals surface area contributed by atoms with Gasteiger partial charge in [0.15, 0.2) is 5.96 Å². The Balaban J connectivity index is 0.00000338. The Labute approximate surface area is 172 Å². The maximum Gasteiger partial charge on any atom is 0.416 e. The second-order valence-corrected chi connectivity index (χ2v) is 6.78. The fourth-order valence-corrected chi connectivity index (χ4v) is 3.01. The smallest absolute Gasteiger partial charge is 0.357 e. The molecule has 0 saturated carbocycles. The molecule has 0 unspecified atom stereocenters. The zero-order chi connectivity index (χ0) is 18.4. The van der Waals surface area contributed by atoms with Crippen molar-refractivity contribution in [2.75, 3.05) is 6.54 Å². The average Bonchev–Trinajstić information content (AvgIpc) is 2.88. The number of halogens is 4. The summed E-state index contributed by atoms with van der Waals surface area (Å²) in [5.41, 5.74) is 0.854. The van der Waals surface area contributed by atoms with E-state index >= 15 is 0 Å². The molecule has 26 heavy (non-hydrogen) atoms. The fourth-order valence-electron chi connectivity index (χ4n) is 2.13. The number of nitrogens with one attached hydrogen (secondary N) is 2. The summed E-state index contributed by atoms with van der Waals surface area (Å²) in [6, 6.07) is 5.22. The molecule has 2 N–H and O–H groups in total. The number of aryl methyl sites for hydroxylation is 2. The Kier molecular flexibility index (Phi) is 8.81. The van der Waals surface area contributed by atoms with Crippen LogP contribution in [0.15, 0.2) is 29.3 Å². The van der Waals surface area contributed by atoms with Crippen molar-refractivity contribution in [1.82, 2.24) is 15.6 Å². The van der Waals surface area contributed by atoms with E-state index in [1.165, 1.54) is 10.9 Å². The molecule has 2 rings (SSSR count). The number of benzene rings is 1. The molecule has 0 aliphatic heterocycles. The van der Waals surface area contributed by atoms with Gasteiger partial charge in [-0.2, -0.15) is 13.2 Å². The third kappa shape index (κ3) is 6.75. The Hall–Kier alpha value is -1.36. The van der Waals surface area contributed by atoms with Gasteiger partial charge in [0, 0.05) is 11.4 Å². The van der Waals surface area contributed by atoms with E-state index in [9.17, 15) is 13.2 Å². The molecule has 0 fully saturated rings. The third-order valence-electron chi connectivity index (χ3n) is 3.50. The summed E-state index contributed by atoms with van der Waals surface area (Å²) in [7, 11) is 0. The van der Waals surface area contributed by atoms with Gasteiger partial charge >= 0.3 is 6.18 Å². The van der Waals surface area contributed by atoms with E-state index in [0.29, 0.717) is 24.6 Å². The number of hydrogen-bond donors (Lipinski definition) is 2. The standard InChI is InChI=1S/C17H21F3N4S.HI/c1-4-21-16(23-10-15-24-11(2)12(3)25-15)22-9-13-6-5-7-14(8-13)17(18,19)20;/h5-8H,4,9-10H2,1-3H3,(H2,21,22,23);1H. The fraction of sp³-hybridized carbons (Fsp3) is 0.412. The van der Waals surface area contributed by atoms with Gasteiger partial charge in [-0.15, -0.1) is 35.3 Å². The number of guanidine groups is 1. The van der Waals surface area contributed by atoms with Crippen molar-refractivity contribution in [3.05, 3.63) is 51.0 Å². The number of thiazole rings is 1. The largest absolute Gasteiger partial charge is 0.416 e. The van der Waals surface area contributed by atoms with Gasteiger partial charge in [-0.3, -0.25) is 0 Å². The number of hydrogen-bond acceptors (Lipinski definition) is 3. The van der Waals surface area contributed by atoms with E-state index in [4.69, 9.17) is 0 Å². The van der Waals surface area contributed by atoms with E-state index in [0.717, 1.165) is 22.8 Å². The van der Waals surface area contributed by atoms with E-state index in [1.807, 2.05) is 20.8 Å². The lowest BCUT2D eigenvalue weighted by Gasteiger charge is -2.11. The summed E-state index contributed by atoms with van der Waals surface area (Å²) in [6.45, 7) is 7.25. The van der Waals surface area contributed by atoms with Crippen LogP contribution in [0.3, 0.4) is 0 Å². The minimum absolute atomic E-state index is 0. The summed E-state index contributed by atoms with van der Waals surface area (Å²) >= 11 is 1.61. The predicted octanol–water partition coefficient (Wildman–Crippen LogP) is 4.65. The molecule has 1 aromatic heterocycles. The van der Waals surface area contributed by atoms with Gasteiger partial charge in [0.1, 0.15) is 5.01 Å². The van der Waals surface area contributed by atoms with Crippen molar-refractivity contribution >= 4 is 41.3 Å². The van der Waals surface area contributed by atoms with Gasteiger partial charge < -0.3 is 10.6 Å². The van der Waals surface area contributed by atoms with Crippen LogP contribution in [-0.4, -0.2) is 17.5 Å². The molecule has 4 nitrogen and oxygen atoms in total. The monoisotopic (exact) mass is 498 g/mol. The molecule has 0 aliphatic rings. The van der Waals surface area contributed by atoms with Gasteiger partial charge in [-0.25, -0.2) is 9.98 Å². The van der Waals surface area contributed by atoms with Crippen molar-refractivity contribution in [3.63, 3.8) is 0 Å². The molecule has 0 amide bonds. The molecular formula is C17H22F3IN4S. The maximum atomic E-state index is 12.8. The summed E-state index contributed by atoms with van der Waals surface area (Å²) in [5.74, 6) is 0.547. The van der Waals surface area contributed by atoms with Crippen LogP contribution in [-0.2, 0) is 19.3 Å². The number of rotatable bonds is 5. The molecule has 2 aromatic rings. The van der Waals surface area contributed by atoms with Crippen molar-refractivity contribution in [3.8, 4) is 0 Å². The van der Waals surface area contributed by atoms with Crippen LogP contribution in [0.5, 0.6) is 0 Å². The van der Waals surface area contributed by atoms with E-state index < -0.39 is 11.7 Å². The molecule has 0 atom stereocenters. The number of aromatic nitrogens is 1. The van der Waals surface area contributed by atoms with Crippen molar-refractivity contribution in [2.24, 2.45) is 4.99 Å². The SMILES string of the molecule is CCNC(=NCc1cccc(C(F)(F)F)c1)NCc1nc(C)c(C)s1.I. The predicted molar refractivity (Wildman–Crippen MR) is 110 cm³/mol. The number of alkyl halides is 3. The number of aliphatic imine (C=N–C) groups is 1. The van der Waals surface area contributed by atoms with Gasteiger partial charge in [0.2, 0.25) is 0 Å². The highest BCUT2D eigenvalue weighted by Crippen LogP contribution is 2.29. The first-order chi connectivity index (χ1) is 11.8. The molecule has 0 spiro atoms. The summed E-state index contributed by atoms with van der Waals surface area (Å²) in [6.07, 6.45) is -4.34. The molecule has 0 bridgehead atoms. The first-order valence-electron chi connectivity index (χ1n) is 7.90. The second-order valence-electron chi connectivity index (χ2n) is 5.50. The summed E-state index contributed by atoms with van der Waals surface area (Å²) in [4.78, 5) is 9.97. The van der Waals surface area contributed by atoms with Crippen LogP contribution in [0, 0.1) is 13.8 Å². The van der Waals surface area contributed by atoms with Crippen LogP contribution in [0.4, 0.5) is 13.2 Å².